The van der Waals surface area contributed by atoms with E-state index >= 15 is 0 Å². The number of likely N-dealkylation sites (tertiary alicyclic amines) is 1. The fourth-order valence-electron chi connectivity index (χ4n) is 3.66. The van der Waals surface area contributed by atoms with Crippen LogP contribution in [0.2, 0.25) is 0 Å². The summed E-state index contributed by atoms with van der Waals surface area (Å²) in [5.41, 5.74) is 1.20. The predicted molar refractivity (Wildman–Crippen MR) is 101 cm³/mol. The molecule has 1 N–H and O–H groups in total. The van der Waals surface area contributed by atoms with Crippen molar-refractivity contribution >= 4 is 34.5 Å². The summed E-state index contributed by atoms with van der Waals surface area (Å²) in [5.74, 6) is 0.338. The Morgan fingerprint density at radius 2 is 2.12 bits per heavy atom. The van der Waals surface area contributed by atoms with Crippen molar-refractivity contribution in [2.45, 2.75) is 38.6 Å². The normalized spacial score (nSPS) is 19.7. The third kappa shape index (κ3) is 3.65. The molecule has 2 aliphatic rings. The van der Waals surface area contributed by atoms with Gasteiger partial charge in [0.1, 0.15) is 0 Å². The first-order chi connectivity index (χ1) is 12.2. The highest BCUT2D eigenvalue weighted by Gasteiger charge is 2.29. The van der Waals surface area contributed by atoms with Gasteiger partial charge in [0.15, 0.2) is 0 Å². The van der Waals surface area contributed by atoms with Gasteiger partial charge in [-0.25, -0.2) is 0 Å². The van der Waals surface area contributed by atoms with Crippen molar-refractivity contribution in [3.8, 4) is 0 Å². The van der Waals surface area contributed by atoms with Gasteiger partial charge in [0.05, 0.1) is 11.4 Å². The Labute approximate surface area is 155 Å². The van der Waals surface area contributed by atoms with Crippen LogP contribution in [-0.2, 0) is 24.2 Å². The maximum Gasteiger partial charge on any atom is 0.263 e. The van der Waals surface area contributed by atoms with E-state index < -0.39 is 0 Å². The Hall–Kier alpha value is -1.66. The number of nitrogens with one attached hydrogen (secondary N) is 1. The highest BCUT2D eigenvalue weighted by molar-refractivity contribution is 7.14. The third-order valence-corrected chi connectivity index (χ3v) is 7.18. The molecule has 1 fully saturated rings. The number of hydrogen-bond donors (Lipinski definition) is 1. The zero-order valence-electron chi connectivity index (χ0n) is 14.1. The molecular weight excluding hydrogens is 352 g/mol. The lowest BCUT2D eigenvalue weighted by Crippen LogP contribution is -2.33. The number of thiophene rings is 2. The summed E-state index contributed by atoms with van der Waals surface area (Å²) < 4.78 is 0. The minimum atomic E-state index is 0.0248. The van der Waals surface area contributed by atoms with E-state index in [0.717, 1.165) is 50.1 Å². The topological polar surface area (TPSA) is 49.4 Å². The SMILES string of the molecule is O=C(NCc1cccs1)C1CCc2sc(C(=O)N3CCCC3)cc2C1. The van der Waals surface area contributed by atoms with E-state index in [4.69, 9.17) is 0 Å². The van der Waals surface area contributed by atoms with Gasteiger partial charge >= 0.3 is 0 Å². The van der Waals surface area contributed by atoms with E-state index in [9.17, 15) is 9.59 Å². The van der Waals surface area contributed by atoms with Gasteiger partial charge in [-0.3, -0.25) is 9.59 Å². The molecular formula is C19H22N2O2S2. The van der Waals surface area contributed by atoms with Crippen molar-refractivity contribution in [2.24, 2.45) is 5.92 Å². The number of amides is 2. The molecule has 1 atom stereocenters. The van der Waals surface area contributed by atoms with Gasteiger partial charge in [0.2, 0.25) is 5.91 Å². The number of hydrogen-bond acceptors (Lipinski definition) is 4. The molecule has 1 aliphatic carbocycles. The molecule has 0 bridgehead atoms. The van der Waals surface area contributed by atoms with E-state index in [-0.39, 0.29) is 17.7 Å². The summed E-state index contributed by atoms with van der Waals surface area (Å²) in [6.45, 7) is 2.38. The highest BCUT2D eigenvalue weighted by atomic mass is 32.1. The van der Waals surface area contributed by atoms with Crippen LogP contribution >= 0.6 is 22.7 Å². The monoisotopic (exact) mass is 374 g/mol. The van der Waals surface area contributed by atoms with Crippen molar-refractivity contribution in [1.82, 2.24) is 10.2 Å². The first kappa shape index (κ1) is 16.8. The van der Waals surface area contributed by atoms with Gasteiger partial charge in [-0.05, 0) is 55.2 Å². The summed E-state index contributed by atoms with van der Waals surface area (Å²) in [4.78, 5) is 30.3. The van der Waals surface area contributed by atoms with Crippen LogP contribution in [0.4, 0.5) is 0 Å². The summed E-state index contributed by atoms with van der Waals surface area (Å²) in [7, 11) is 0. The summed E-state index contributed by atoms with van der Waals surface area (Å²) in [5, 5.41) is 5.09. The van der Waals surface area contributed by atoms with E-state index in [1.54, 1.807) is 22.7 Å². The van der Waals surface area contributed by atoms with Gasteiger partial charge in [-0.1, -0.05) is 6.07 Å². The predicted octanol–water partition coefficient (Wildman–Crippen LogP) is 3.47. The van der Waals surface area contributed by atoms with Crippen LogP contribution in [0, 0.1) is 5.92 Å². The lowest BCUT2D eigenvalue weighted by atomic mass is 9.87. The molecule has 1 aliphatic heterocycles. The second-order valence-electron chi connectivity index (χ2n) is 6.80. The Balaban J connectivity index is 1.39. The van der Waals surface area contributed by atoms with Crippen LogP contribution in [0.25, 0.3) is 0 Å². The molecule has 0 radical (unpaired) electrons. The fraction of sp³-hybridized carbons (Fsp3) is 0.474. The third-order valence-electron chi connectivity index (χ3n) is 5.07. The van der Waals surface area contributed by atoms with E-state index in [2.05, 4.69) is 5.32 Å². The zero-order valence-corrected chi connectivity index (χ0v) is 15.8. The molecule has 132 valence electrons. The Bertz CT molecular complexity index is 760. The summed E-state index contributed by atoms with van der Waals surface area (Å²) >= 11 is 3.30. The fourth-order valence-corrected chi connectivity index (χ4v) is 5.48. The van der Waals surface area contributed by atoms with Gasteiger partial charge in [-0.2, -0.15) is 0 Å². The van der Waals surface area contributed by atoms with Gasteiger partial charge < -0.3 is 10.2 Å². The molecule has 3 heterocycles. The van der Waals surface area contributed by atoms with E-state index in [0.29, 0.717) is 6.54 Å². The molecule has 4 nitrogen and oxygen atoms in total. The highest BCUT2D eigenvalue weighted by Crippen LogP contribution is 2.33. The van der Waals surface area contributed by atoms with Gasteiger partial charge in [0.25, 0.3) is 5.91 Å². The van der Waals surface area contributed by atoms with Crippen LogP contribution < -0.4 is 5.32 Å². The average molecular weight is 375 g/mol. The maximum absolute atomic E-state index is 12.6. The standard InChI is InChI=1S/C19H22N2O2S2/c22-18(20-12-15-4-3-9-24-15)13-5-6-16-14(10-13)11-17(25-16)19(23)21-7-1-2-8-21/h3-4,9,11,13H,1-2,5-8,10,12H2,(H,20,22). The largest absolute Gasteiger partial charge is 0.351 e. The number of carbonyl (C=O) groups is 2. The summed E-state index contributed by atoms with van der Waals surface area (Å²) in [6.07, 6.45) is 4.77. The number of aryl methyl sites for hydroxylation is 1. The average Bonchev–Trinajstić information content (AvgIpc) is 3.39. The van der Waals surface area contributed by atoms with Crippen LogP contribution in [0.3, 0.4) is 0 Å². The van der Waals surface area contributed by atoms with E-state index in [1.165, 1.54) is 15.3 Å². The minimum absolute atomic E-state index is 0.0248. The van der Waals surface area contributed by atoms with Crippen molar-refractivity contribution in [3.63, 3.8) is 0 Å². The van der Waals surface area contributed by atoms with Crippen molar-refractivity contribution in [2.75, 3.05) is 13.1 Å². The number of fused-ring (bicyclic) bond motifs is 1. The van der Waals surface area contributed by atoms with Crippen molar-refractivity contribution in [3.05, 3.63) is 43.8 Å². The lowest BCUT2D eigenvalue weighted by Gasteiger charge is -2.21. The second-order valence-corrected chi connectivity index (χ2v) is 8.96. The number of carbonyl (C=O) groups excluding carboxylic acids is 2. The van der Waals surface area contributed by atoms with Gasteiger partial charge in [-0.15, -0.1) is 22.7 Å². The van der Waals surface area contributed by atoms with Gasteiger partial charge in [0, 0.05) is 28.8 Å². The van der Waals surface area contributed by atoms with Crippen LogP contribution in [0.15, 0.2) is 23.6 Å². The molecule has 6 heteroatoms. The molecule has 4 rings (SSSR count). The Morgan fingerprint density at radius 1 is 1.28 bits per heavy atom. The number of nitrogens with zero attached hydrogens (tertiary/aromatic N) is 1. The van der Waals surface area contributed by atoms with E-state index in [1.807, 2.05) is 28.5 Å². The molecule has 1 unspecified atom stereocenters. The maximum atomic E-state index is 12.6. The van der Waals surface area contributed by atoms with Crippen molar-refractivity contribution in [1.29, 1.82) is 0 Å². The van der Waals surface area contributed by atoms with Crippen LogP contribution in [0.1, 0.15) is 44.3 Å². The second kappa shape index (κ2) is 7.30. The molecule has 0 saturated carbocycles. The molecule has 2 aromatic rings. The quantitative estimate of drug-likeness (QED) is 0.891. The van der Waals surface area contributed by atoms with Crippen LogP contribution in [0.5, 0.6) is 0 Å². The van der Waals surface area contributed by atoms with Crippen molar-refractivity contribution < 1.29 is 9.59 Å². The molecule has 2 amide bonds. The molecule has 2 aromatic heterocycles. The summed E-state index contributed by atoms with van der Waals surface area (Å²) in [6, 6.07) is 6.09. The first-order valence-electron chi connectivity index (χ1n) is 8.91. The Morgan fingerprint density at radius 3 is 2.88 bits per heavy atom. The molecule has 1 saturated heterocycles. The minimum Gasteiger partial charge on any atom is -0.351 e. The molecule has 0 spiro atoms. The first-order valence-corrected chi connectivity index (χ1v) is 10.6. The molecule has 25 heavy (non-hydrogen) atoms. The Kier molecular flexibility index (Phi) is 4.90. The van der Waals surface area contributed by atoms with Crippen LogP contribution in [-0.4, -0.2) is 29.8 Å². The number of rotatable bonds is 4. The lowest BCUT2D eigenvalue weighted by molar-refractivity contribution is -0.125. The molecule has 0 aromatic carbocycles. The smallest absolute Gasteiger partial charge is 0.263 e. The zero-order chi connectivity index (χ0) is 17.2.